The minimum atomic E-state index is 0.170. The highest BCUT2D eigenvalue weighted by Gasteiger charge is 2.22. The molecule has 2 aromatic rings. The lowest BCUT2D eigenvalue weighted by atomic mass is 9.85. The van der Waals surface area contributed by atoms with Gasteiger partial charge in [-0.3, -0.25) is 0 Å². The molecule has 0 fully saturated rings. The van der Waals surface area contributed by atoms with E-state index in [1.54, 1.807) is 6.20 Å². The van der Waals surface area contributed by atoms with E-state index in [1.807, 2.05) is 12.3 Å². The van der Waals surface area contributed by atoms with Crippen LogP contribution in [-0.4, -0.2) is 4.98 Å². The van der Waals surface area contributed by atoms with Crippen LogP contribution in [0.3, 0.4) is 0 Å². The molecule has 0 aliphatic carbocycles. The van der Waals surface area contributed by atoms with Crippen molar-refractivity contribution in [2.75, 3.05) is 0 Å². The molecule has 0 amide bonds. The SMILES string of the molecule is C=CN/C(=C\C)C(c1ccc[nH]1)c1c(C)cc(C)cc1C. The van der Waals surface area contributed by atoms with Crippen LogP contribution in [0.4, 0.5) is 0 Å². The van der Waals surface area contributed by atoms with Crippen molar-refractivity contribution < 1.29 is 0 Å². The maximum Gasteiger partial charge on any atom is 0.0643 e. The Labute approximate surface area is 127 Å². The smallest absolute Gasteiger partial charge is 0.0643 e. The lowest BCUT2D eigenvalue weighted by Gasteiger charge is -2.24. The van der Waals surface area contributed by atoms with Crippen molar-refractivity contribution in [1.82, 2.24) is 10.3 Å². The first kappa shape index (κ1) is 15.2. The molecular formula is C19H24N2. The first-order valence-electron chi connectivity index (χ1n) is 7.33. The van der Waals surface area contributed by atoms with Gasteiger partial charge in [-0.2, -0.15) is 0 Å². The molecule has 2 nitrogen and oxygen atoms in total. The number of nitrogens with one attached hydrogen (secondary N) is 2. The van der Waals surface area contributed by atoms with E-state index in [0.717, 1.165) is 5.70 Å². The summed E-state index contributed by atoms with van der Waals surface area (Å²) < 4.78 is 0. The average molecular weight is 280 g/mol. The van der Waals surface area contributed by atoms with Gasteiger partial charge in [0.2, 0.25) is 0 Å². The fraction of sp³-hybridized carbons (Fsp3) is 0.263. The number of benzene rings is 1. The van der Waals surface area contributed by atoms with E-state index in [4.69, 9.17) is 0 Å². The fourth-order valence-electron chi connectivity index (χ4n) is 3.10. The normalized spacial score (nSPS) is 13.0. The Kier molecular flexibility index (Phi) is 4.69. The van der Waals surface area contributed by atoms with E-state index in [9.17, 15) is 0 Å². The fourth-order valence-corrected chi connectivity index (χ4v) is 3.10. The van der Waals surface area contributed by atoms with Crippen molar-refractivity contribution in [2.24, 2.45) is 0 Å². The molecule has 0 aliphatic rings. The number of hydrogen-bond acceptors (Lipinski definition) is 1. The van der Waals surface area contributed by atoms with E-state index in [0.29, 0.717) is 0 Å². The highest BCUT2D eigenvalue weighted by molar-refractivity contribution is 5.48. The van der Waals surface area contributed by atoms with Gasteiger partial charge in [0, 0.05) is 17.6 Å². The second-order valence-electron chi connectivity index (χ2n) is 5.46. The first-order chi connectivity index (χ1) is 10.1. The molecular weight excluding hydrogens is 256 g/mol. The molecule has 110 valence electrons. The van der Waals surface area contributed by atoms with E-state index in [-0.39, 0.29) is 5.92 Å². The predicted octanol–water partition coefficient (Wildman–Crippen LogP) is 4.71. The maximum absolute atomic E-state index is 3.80. The molecule has 1 unspecified atom stereocenters. The Morgan fingerprint density at radius 2 is 1.90 bits per heavy atom. The molecule has 1 aromatic carbocycles. The number of rotatable bonds is 5. The minimum Gasteiger partial charge on any atom is -0.365 e. The van der Waals surface area contributed by atoms with E-state index in [2.05, 4.69) is 68.8 Å². The topological polar surface area (TPSA) is 27.8 Å². The lowest BCUT2D eigenvalue weighted by Crippen LogP contribution is -2.17. The standard InChI is InChI=1S/C19H24N2/c1-6-16(20-7-2)19(17-9-8-10-21-17)18-14(4)11-13(3)12-15(18)5/h6-12,19-21H,2H2,1,3-5H3/b16-6-. The second-order valence-corrected chi connectivity index (χ2v) is 5.46. The van der Waals surface area contributed by atoms with Crippen LogP contribution in [0.5, 0.6) is 0 Å². The molecule has 0 radical (unpaired) electrons. The highest BCUT2D eigenvalue weighted by atomic mass is 14.9. The number of aromatic nitrogens is 1. The third kappa shape index (κ3) is 3.10. The van der Waals surface area contributed by atoms with Gasteiger partial charge in [0.15, 0.2) is 0 Å². The summed E-state index contributed by atoms with van der Waals surface area (Å²) >= 11 is 0. The Bertz CT molecular complexity index is 625. The van der Waals surface area contributed by atoms with Crippen LogP contribution in [0.2, 0.25) is 0 Å². The van der Waals surface area contributed by atoms with Crippen molar-refractivity contribution in [1.29, 1.82) is 0 Å². The van der Waals surface area contributed by atoms with Crippen molar-refractivity contribution in [3.8, 4) is 0 Å². The van der Waals surface area contributed by atoms with Gasteiger partial charge in [0.05, 0.1) is 5.92 Å². The largest absolute Gasteiger partial charge is 0.365 e. The Balaban J connectivity index is 2.64. The molecule has 2 heteroatoms. The van der Waals surface area contributed by atoms with Crippen LogP contribution in [0.1, 0.15) is 40.8 Å². The molecule has 1 heterocycles. The number of hydrogen-bond donors (Lipinski definition) is 2. The maximum atomic E-state index is 3.80. The molecule has 0 bridgehead atoms. The summed E-state index contributed by atoms with van der Waals surface area (Å²) in [4.78, 5) is 3.36. The molecule has 0 saturated carbocycles. The van der Waals surface area contributed by atoms with Crippen LogP contribution < -0.4 is 5.32 Å². The van der Waals surface area contributed by atoms with Crippen LogP contribution in [0.25, 0.3) is 0 Å². The Morgan fingerprint density at radius 1 is 1.24 bits per heavy atom. The predicted molar refractivity (Wildman–Crippen MR) is 90.4 cm³/mol. The zero-order valence-electron chi connectivity index (χ0n) is 13.3. The molecule has 0 aliphatic heterocycles. The van der Waals surface area contributed by atoms with Crippen molar-refractivity contribution in [2.45, 2.75) is 33.6 Å². The van der Waals surface area contributed by atoms with Crippen LogP contribution in [0, 0.1) is 20.8 Å². The molecule has 0 saturated heterocycles. The van der Waals surface area contributed by atoms with E-state index < -0.39 is 0 Å². The molecule has 2 rings (SSSR count). The van der Waals surface area contributed by atoms with Gasteiger partial charge in [-0.1, -0.05) is 30.4 Å². The monoisotopic (exact) mass is 280 g/mol. The minimum absolute atomic E-state index is 0.170. The van der Waals surface area contributed by atoms with Crippen LogP contribution in [-0.2, 0) is 0 Å². The summed E-state index contributed by atoms with van der Waals surface area (Å²) in [6, 6.07) is 8.68. The van der Waals surface area contributed by atoms with Crippen LogP contribution >= 0.6 is 0 Å². The second kappa shape index (κ2) is 6.49. The van der Waals surface area contributed by atoms with Crippen molar-refractivity contribution in [3.05, 3.63) is 83.0 Å². The average Bonchev–Trinajstić information content (AvgIpc) is 2.94. The third-order valence-electron chi connectivity index (χ3n) is 3.85. The van der Waals surface area contributed by atoms with E-state index >= 15 is 0 Å². The van der Waals surface area contributed by atoms with Gasteiger partial charge in [-0.05, 0) is 62.7 Å². The summed E-state index contributed by atoms with van der Waals surface area (Å²) in [5.74, 6) is 0.170. The summed E-state index contributed by atoms with van der Waals surface area (Å²) in [6.07, 6.45) is 5.83. The quantitative estimate of drug-likeness (QED) is 0.815. The van der Waals surface area contributed by atoms with Gasteiger partial charge in [0.1, 0.15) is 0 Å². The van der Waals surface area contributed by atoms with Gasteiger partial charge in [-0.15, -0.1) is 0 Å². The van der Waals surface area contributed by atoms with Crippen LogP contribution in [0.15, 0.2) is 55.0 Å². The summed E-state index contributed by atoms with van der Waals surface area (Å²) in [5.41, 5.74) is 7.62. The van der Waals surface area contributed by atoms with E-state index in [1.165, 1.54) is 27.9 Å². The molecule has 1 aromatic heterocycles. The molecule has 0 spiro atoms. The lowest BCUT2D eigenvalue weighted by molar-refractivity contribution is 0.816. The van der Waals surface area contributed by atoms with Crippen molar-refractivity contribution in [3.63, 3.8) is 0 Å². The van der Waals surface area contributed by atoms with Gasteiger partial charge in [-0.25, -0.2) is 0 Å². The van der Waals surface area contributed by atoms with Gasteiger partial charge in [0.25, 0.3) is 0 Å². The zero-order valence-corrected chi connectivity index (χ0v) is 13.3. The number of allylic oxidation sites excluding steroid dienone is 2. The third-order valence-corrected chi connectivity index (χ3v) is 3.85. The molecule has 2 N–H and O–H groups in total. The van der Waals surface area contributed by atoms with Gasteiger partial charge < -0.3 is 10.3 Å². The van der Waals surface area contributed by atoms with Gasteiger partial charge >= 0.3 is 0 Å². The summed E-state index contributed by atoms with van der Waals surface area (Å²) in [6.45, 7) is 12.4. The number of aromatic amines is 1. The zero-order chi connectivity index (χ0) is 15.4. The number of aryl methyl sites for hydroxylation is 3. The Morgan fingerprint density at radius 3 is 2.38 bits per heavy atom. The van der Waals surface area contributed by atoms with Crippen molar-refractivity contribution >= 4 is 0 Å². The number of H-pyrrole nitrogens is 1. The highest BCUT2D eigenvalue weighted by Crippen LogP contribution is 2.34. The summed E-state index contributed by atoms with van der Waals surface area (Å²) in [7, 11) is 0. The molecule has 21 heavy (non-hydrogen) atoms. The first-order valence-corrected chi connectivity index (χ1v) is 7.33. The summed E-state index contributed by atoms with van der Waals surface area (Å²) in [5, 5.41) is 3.29. The Hall–Kier alpha value is -2.22. The molecule has 1 atom stereocenters.